The van der Waals surface area contributed by atoms with Crippen molar-refractivity contribution in [3.63, 3.8) is 0 Å². The lowest BCUT2D eigenvalue weighted by atomic mass is 10.1. The van der Waals surface area contributed by atoms with Crippen LogP contribution in [0.5, 0.6) is 0 Å². The number of alkyl halides is 3. The molecule has 12 heteroatoms. The summed E-state index contributed by atoms with van der Waals surface area (Å²) < 4.78 is 58.3. The van der Waals surface area contributed by atoms with Crippen molar-refractivity contribution in [3.05, 3.63) is 48.7 Å². The number of sulfone groups is 1. The van der Waals surface area contributed by atoms with E-state index < -0.39 is 22.0 Å². The highest BCUT2D eigenvalue weighted by Gasteiger charge is 2.38. The van der Waals surface area contributed by atoms with Gasteiger partial charge in [-0.15, -0.1) is 11.3 Å². The Hall–Kier alpha value is -2.70. The highest BCUT2D eigenvalue weighted by atomic mass is 32.2. The molecule has 0 amide bonds. The van der Waals surface area contributed by atoms with Crippen molar-refractivity contribution in [2.75, 3.05) is 18.8 Å². The van der Waals surface area contributed by atoms with Crippen molar-refractivity contribution in [1.29, 1.82) is 0 Å². The first-order valence-corrected chi connectivity index (χ1v) is 12.9. The third kappa shape index (κ3) is 6.67. The average Bonchev–Trinajstić information content (AvgIpc) is 3.56. The van der Waals surface area contributed by atoms with Crippen LogP contribution in [0.15, 0.2) is 52.9 Å². The number of carbonyl (C=O) groups is 1. The van der Waals surface area contributed by atoms with E-state index in [9.17, 15) is 21.6 Å². The molecule has 2 aromatic heterocycles. The quantitative estimate of drug-likeness (QED) is 0.507. The van der Waals surface area contributed by atoms with Gasteiger partial charge in [0, 0.05) is 23.2 Å². The molecule has 1 aliphatic rings. The second kappa shape index (κ2) is 10.7. The lowest BCUT2D eigenvalue weighted by Gasteiger charge is -2.07. The molecule has 0 spiro atoms. The summed E-state index contributed by atoms with van der Waals surface area (Å²) in [6, 6.07) is 13.8. The summed E-state index contributed by atoms with van der Waals surface area (Å²) in [5, 5.41) is 15.2. The molecular weight excluding hydrogens is 491 g/mol. The normalized spacial score (nSPS) is 16.2. The maximum absolute atomic E-state index is 12.1. The SMILES string of the molecule is CCS(=O)(=O)c1ccc(-c2cccc(-c3ccn(CC4CCNC4)n3)c2)s1.O=C(O)C(F)(F)F. The van der Waals surface area contributed by atoms with Gasteiger partial charge in [0.15, 0.2) is 9.84 Å². The summed E-state index contributed by atoms with van der Waals surface area (Å²) in [5.41, 5.74) is 3.01. The highest BCUT2D eigenvalue weighted by Crippen LogP contribution is 2.33. The van der Waals surface area contributed by atoms with Gasteiger partial charge in [-0.05, 0) is 55.3 Å². The topological polar surface area (TPSA) is 101 Å². The minimum absolute atomic E-state index is 0.126. The Bertz CT molecular complexity index is 1230. The number of carboxylic acid groups (broad SMARTS) is 1. The van der Waals surface area contributed by atoms with Crippen LogP contribution >= 0.6 is 11.3 Å². The predicted octanol–water partition coefficient (Wildman–Crippen LogP) is 4.32. The van der Waals surface area contributed by atoms with Crippen LogP contribution < -0.4 is 5.32 Å². The van der Waals surface area contributed by atoms with Gasteiger partial charge >= 0.3 is 12.1 Å². The smallest absolute Gasteiger partial charge is 0.475 e. The predicted molar refractivity (Wildman–Crippen MR) is 123 cm³/mol. The Kier molecular flexibility index (Phi) is 8.16. The van der Waals surface area contributed by atoms with Crippen molar-refractivity contribution in [2.45, 2.75) is 30.3 Å². The molecule has 0 saturated carbocycles. The molecule has 3 aromatic rings. The summed E-state index contributed by atoms with van der Waals surface area (Å²) in [5.74, 6) is -1.98. The zero-order chi connectivity index (χ0) is 24.9. The minimum atomic E-state index is -5.08. The standard InChI is InChI=1S/C20H23N3O2S2.C2HF3O2/c1-2-27(24,25)20-7-6-19(26-20)17-5-3-4-16(12-17)18-9-11-23(22-18)14-15-8-10-21-13-15;3-2(4,5)1(6)7/h3-7,9,11-12,15,21H,2,8,10,13-14H2,1H3;(H,6,7). The highest BCUT2D eigenvalue weighted by molar-refractivity contribution is 7.93. The van der Waals surface area contributed by atoms with Crippen LogP contribution in [0, 0.1) is 5.92 Å². The number of halogens is 3. The van der Waals surface area contributed by atoms with E-state index in [-0.39, 0.29) is 5.75 Å². The number of rotatable bonds is 6. The molecule has 2 N–H and O–H groups in total. The first-order valence-electron chi connectivity index (χ1n) is 10.5. The van der Waals surface area contributed by atoms with Crippen molar-refractivity contribution in [3.8, 4) is 21.7 Å². The summed E-state index contributed by atoms with van der Waals surface area (Å²) >= 11 is 1.33. The van der Waals surface area contributed by atoms with E-state index >= 15 is 0 Å². The second-order valence-corrected chi connectivity index (χ2v) is 11.3. The Morgan fingerprint density at radius 2 is 1.94 bits per heavy atom. The minimum Gasteiger partial charge on any atom is -0.475 e. The van der Waals surface area contributed by atoms with Crippen LogP contribution in [0.4, 0.5) is 13.2 Å². The van der Waals surface area contributed by atoms with Crippen molar-refractivity contribution in [2.24, 2.45) is 5.92 Å². The van der Waals surface area contributed by atoms with Crippen LogP contribution in [-0.4, -0.2) is 54.3 Å². The summed E-state index contributed by atoms with van der Waals surface area (Å²) in [7, 11) is -3.16. The fourth-order valence-electron chi connectivity index (χ4n) is 3.37. The first kappa shape index (κ1) is 25.9. The average molecular weight is 516 g/mol. The number of hydrogen-bond acceptors (Lipinski definition) is 6. The van der Waals surface area contributed by atoms with E-state index in [4.69, 9.17) is 15.0 Å². The molecule has 1 unspecified atom stereocenters. The van der Waals surface area contributed by atoms with Gasteiger partial charge in [-0.25, -0.2) is 13.2 Å². The van der Waals surface area contributed by atoms with Gasteiger partial charge in [-0.1, -0.05) is 25.1 Å². The molecule has 3 heterocycles. The molecule has 1 saturated heterocycles. The Morgan fingerprint density at radius 1 is 1.24 bits per heavy atom. The van der Waals surface area contributed by atoms with E-state index in [0.717, 1.165) is 41.3 Å². The lowest BCUT2D eigenvalue weighted by Crippen LogP contribution is -2.21. The molecule has 34 heavy (non-hydrogen) atoms. The zero-order valence-electron chi connectivity index (χ0n) is 18.2. The molecule has 1 atom stereocenters. The van der Waals surface area contributed by atoms with Crippen LogP contribution in [0.3, 0.4) is 0 Å². The largest absolute Gasteiger partial charge is 0.490 e. The Balaban J connectivity index is 0.000000406. The second-order valence-electron chi connectivity index (χ2n) is 7.69. The molecular formula is C22H24F3N3O4S2. The third-order valence-electron chi connectivity index (χ3n) is 5.20. The molecule has 0 radical (unpaired) electrons. The van der Waals surface area contributed by atoms with Gasteiger partial charge in [0.05, 0.1) is 11.4 Å². The van der Waals surface area contributed by atoms with Crippen molar-refractivity contribution < 1.29 is 31.5 Å². The monoisotopic (exact) mass is 515 g/mol. The van der Waals surface area contributed by atoms with Gasteiger partial charge in [-0.2, -0.15) is 18.3 Å². The number of aromatic nitrogens is 2. The van der Waals surface area contributed by atoms with Crippen LogP contribution in [0.1, 0.15) is 13.3 Å². The number of benzene rings is 1. The van der Waals surface area contributed by atoms with E-state index in [1.54, 1.807) is 13.0 Å². The van der Waals surface area contributed by atoms with Gasteiger partial charge in [-0.3, -0.25) is 4.68 Å². The lowest BCUT2D eigenvalue weighted by molar-refractivity contribution is -0.192. The number of nitrogens with one attached hydrogen (secondary N) is 1. The number of hydrogen-bond donors (Lipinski definition) is 2. The summed E-state index contributed by atoms with van der Waals surface area (Å²) in [6.45, 7) is 4.77. The number of nitrogens with zero attached hydrogens (tertiary/aromatic N) is 2. The van der Waals surface area contributed by atoms with E-state index in [1.165, 1.54) is 17.8 Å². The van der Waals surface area contributed by atoms with Crippen molar-refractivity contribution >= 4 is 27.1 Å². The molecule has 7 nitrogen and oxygen atoms in total. The molecule has 0 aliphatic carbocycles. The molecule has 1 aromatic carbocycles. The first-order chi connectivity index (χ1) is 16.0. The van der Waals surface area contributed by atoms with Gasteiger partial charge in [0.25, 0.3) is 0 Å². The van der Waals surface area contributed by atoms with Gasteiger partial charge in [0.2, 0.25) is 0 Å². The van der Waals surface area contributed by atoms with E-state index in [1.807, 2.05) is 41.2 Å². The summed E-state index contributed by atoms with van der Waals surface area (Å²) in [6.07, 6.45) is -1.84. The Morgan fingerprint density at radius 3 is 2.56 bits per heavy atom. The third-order valence-corrected chi connectivity index (χ3v) is 8.65. The van der Waals surface area contributed by atoms with Crippen LogP contribution in [0.2, 0.25) is 0 Å². The summed E-state index contributed by atoms with van der Waals surface area (Å²) in [4.78, 5) is 9.85. The van der Waals surface area contributed by atoms with Gasteiger partial charge < -0.3 is 10.4 Å². The molecule has 1 fully saturated rings. The zero-order valence-corrected chi connectivity index (χ0v) is 19.9. The van der Waals surface area contributed by atoms with Crippen LogP contribution in [0.25, 0.3) is 21.7 Å². The fourth-order valence-corrected chi connectivity index (χ4v) is 5.79. The molecule has 184 valence electrons. The number of carboxylic acids is 1. The van der Waals surface area contributed by atoms with Crippen LogP contribution in [-0.2, 0) is 21.2 Å². The van der Waals surface area contributed by atoms with E-state index in [2.05, 4.69) is 11.4 Å². The Labute approximate surface area is 199 Å². The number of thiophene rings is 1. The molecule has 4 rings (SSSR count). The fraction of sp³-hybridized carbons (Fsp3) is 0.364. The molecule has 1 aliphatic heterocycles. The van der Waals surface area contributed by atoms with E-state index in [0.29, 0.717) is 10.1 Å². The van der Waals surface area contributed by atoms with Crippen molar-refractivity contribution in [1.82, 2.24) is 15.1 Å². The number of aliphatic carboxylic acids is 1. The van der Waals surface area contributed by atoms with Gasteiger partial charge in [0.1, 0.15) is 4.21 Å². The maximum atomic E-state index is 12.1. The maximum Gasteiger partial charge on any atom is 0.490 e. The molecule has 0 bridgehead atoms.